The molecule has 154 valence electrons. The van der Waals surface area contributed by atoms with E-state index in [1.165, 1.54) is 18.4 Å². The third-order valence-corrected chi connectivity index (χ3v) is 5.75. The first kappa shape index (κ1) is 19.0. The topological polar surface area (TPSA) is 82.7 Å². The SMILES string of the molecule is COCCc1ccc(-c2n[nH]c3ccc(-c4n[nH]c(CN5CCCC5)n4)cc23)cc1. The van der Waals surface area contributed by atoms with Gasteiger partial charge in [-0.2, -0.15) is 10.2 Å². The standard InChI is InChI=1S/C23H26N6O/c1-30-13-10-16-4-6-17(7-5-16)22-19-14-18(8-9-20(19)25-27-22)23-24-21(26-28-23)15-29-11-2-3-12-29/h4-9,14H,2-3,10-13,15H2,1H3,(H,25,27)(H,24,26,28). The van der Waals surface area contributed by atoms with Crippen molar-refractivity contribution in [2.45, 2.75) is 25.8 Å². The molecule has 0 aliphatic carbocycles. The number of nitrogens with zero attached hydrogens (tertiary/aromatic N) is 4. The molecule has 3 heterocycles. The van der Waals surface area contributed by atoms with E-state index >= 15 is 0 Å². The first-order chi connectivity index (χ1) is 14.8. The average Bonchev–Trinajstić information content (AvgIpc) is 3.54. The van der Waals surface area contributed by atoms with Gasteiger partial charge in [0, 0.05) is 23.6 Å². The molecule has 0 saturated carbocycles. The zero-order valence-electron chi connectivity index (χ0n) is 17.2. The van der Waals surface area contributed by atoms with Gasteiger partial charge in [0.05, 0.1) is 24.4 Å². The van der Waals surface area contributed by atoms with Crippen LogP contribution in [0.1, 0.15) is 24.2 Å². The average molecular weight is 403 g/mol. The Kier molecular flexibility index (Phi) is 5.29. The molecule has 2 aromatic carbocycles. The predicted octanol–water partition coefficient (Wildman–Crippen LogP) is 3.80. The van der Waals surface area contributed by atoms with E-state index in [4.69, 9.17) is 9.72 Å². The van der Waals surface area contributed by atoms with Crippen LogP contribution in [0, 0.1) is 0 Å². The lowest BCUT2D eigenvalue weighted by Gasteiger charge is -2.11. The fraction of sp³-hybridized carbons (Fsp3) is 0.348. The molecule has 5 rings (SSSR count). The van der Waals surface area contributed by atoms with Crippen LogP contribution in [-0.2, 0) is 17.7 Å². The van der Waals surface area contributed by atoms with Crippen molar-refractivity contribution in [3.05, 3.63) is 53.9 Å². The van der Waals surface area contributed by atoms with E-state index in [0.29, 0.717) is 0 Å². The van der Waals surface area contributed by atoms with Gasteiger partial charge in [-0.3, -0.25) is 15.1 Å². The van der Waals surface area contributed by atoms with Crippen molar-refractivity contribution >= 4 is 10.9 Å². The highest BCUT2D eigenvalue weighted by atomic mass is 16.5. The van der Waals surface area contributed by atoms with Crippen molar-refractivity contribution < 1.29 is 4.74 Å². The summed E-state index contributed by atoms with van der Waals surface area (Å²) in [4.78, 5) is 7.14. The van der Waals surface area contributed by atoms with E-state index < -0.39 is 0 Å². The summed E-state index contributed by atoms with van der Waals surface area (Å²) in [7, 11) is 1.73. The van der Waals surface area contributed by atoms with Crippen molar-refractivity contribution in [2.75, 3.05) is 26.8 Å². The Morgan fingerprint density at radius 1 is 0.967 bits per heavy atom. The predicted molar refractivity (Wildman–Crippen MR) is 117 cm³/mol. The molecule has 1 aliphatic rings. The summed E-state index contributed by atoms with van der Waals surface area (Å²) in [5, 5.41) is 16.3. The monoisotopic (exact) mass is 402 g/mol. The number of aromatic nitrogens is 5. The Balaban J connectivity index is 1.41. The number of benzene rings is 2. The summed E-state index contributed by atoms with van der Waals surface area (Å²) >= 11 is 0. The van der Waals surface area contributed by atoms with Gasteiger partial charge in [0.15, 0.2) is 5.82 Å². The van der Waals surface area contributed by atoms with E-state index in [-0.39, 0.29) is 0 Å². The van der Waals surface area contributed by atoms with Crippen LogP contribution in [0.25, 0.3) is 33.5 Å². The summed E-state index contributed by atoms with van der Waals surface area (Å²) in [5.41, 5.74) is 5.28. The van der Waals surface area contributed by atoms with Crippen LogP contribution in [0.5, 0.6) is 0 Å². The molecule has 0 amide bonds. The van der Waals surface area contributed by atoms with Gasteiger partial charge in [0.25, 0.3) is 0 Å². The van der Waals surface area contributed by atoms with Crippen LogP contribution in [0.3, 0.4) is 0 Å². The molecular weight excluding hydrogens is 376 g/mol. The quantitative estimate of drug-likeness (QED) is 0.491. The van der Waals surface area contributed by atoms with Gasteiger partial charge in [-0.05, 0) is 56.1 Å². The number of rotatable bonds is 7. The lowest BCUT2D eigenvalue weighted by Crippen LogP contribution is -2.19. The number of ether oxygens (including phenoxy) is 1. The summed E-state index contributed by atoms with van der Waals surface area (Å²) in [5.74, 6) is 1.65. The molecule has 0 spiro atoms. The molecule has 1 fully saturated rings. The Morgan fingerprint density at radius 2 is 1.77 bits per heavy atom. The summed E-state index contributed by atoms with van der Waals surface area (Å²) in [6.45, 7) is 3.85. The number of nitrogens with one attached hydrogen (secondary N) is 2. The largest absolute Gasteiger partial charge is 0.384 e. The lowest BCUT2D eigenvalue weighted by atomic mass is 10.0. The van der Waals surface area contributed by atoms with Gasteiger partial charge in [0.1, 0.15) is 5.82 Å². The summed E-state index contributed by atoms with van der Waals surface area (Å²) in [6, 6.07) is 14.7. The van der Waals surface area contributed by atoms with Gasteiger partial charge < -0.3 is 4.74 Å². The molecule has 0 bridgehead atoms. The molecule has 0 unspecified atom stereocenters. The number of fused-ring (bicyclic) bond motifs is 1. The maximum absolute atomic E-state index is 5.17. The summed E-state index contributed by atoms with van der Waals surface area (Å²) < 4.78 is 5.17. The minimum Gasteiger partial charge on any atom is -0.384 e. The van der Waals surface area contributed by atoms with E-state index in [1.54, 1.807) is 7.11 Å². The third-order valence-electron chi connectivity index (χ3n) is 5.75. The molecule has 30 heavy (non-hydrogen) atoms. The Morgan fingerprint density at radius 3 is 2.57 bits per heavy atom. The maximum atomic E-state index is 5.17. The van der Waals surface area contributed by atoms with Crippen LogP contribution in [0.2, 0.25) is 0 Å². The van der Waals surface area contributed by atoms with Gasteiger partial charge >= 0.3 is 0 Å². The van der Waals surface area contributed by atoms with Crippen LogP contribution in [0.15, 0.2) is 42.5 Å². The first-order valence-electron chi connectivity index (χ1n) is 10.5. The molecule has 1 aliphatic heterocycles. The Hall–Kier alpha value is -3.03. The third kappa shape index (κ3) is 3.86. The lowest BCUT2D eigenvalue weighted by molar-refractivity contribution is 0.202. The molecule has 7 heteroatoms. The van der Waals surface area contributed by atoms with Crippen LogP contribution in [0.4, 0.5) is 0 Å². The fourth-order valence-corrected chi connectivity index (χ4v) is 4.07. The van der Waals surface area contributed by atoms with Gasteiger partial charge in [0.2, 0.25) is 0 Å². The molecule has 7 nitrogen and oxygen atoms in total. The molecular formula is C23H26N6O. The second-order valence-electron chi connectivity index (χ2n) is 7.86. The van der Waals surface area contributed by atoms with Gasteiger partial charge in [-0.1, -0.05) is 24.3 Å². The molecule has 4 aromatic rings. The Bertz CT molecular complexity index is 1120. The van der Waals surface area contributed by atoms with Crippen LogP contribution >= 0.6 is 0 Å². The number of methoxy groups -OCH3 is 1. The molecule has 0 atom stereocenters. The van der Waals surface area contributed by atoms with E-state index in [0.717, 1.165) is 72.0 Å². The van der Waals surface area contributed by atoms with Crippen LogP contribution in [-0.4, -0.2) is 57.1 Å². The normalized spacial score (nSPS) is 14.7. The molecule has 2 N–H and O–H groups in total. The zero-order valence-corrected chi connectivity index (χ0v) is 17.2. The maximum Gasteiger partial charge on any atom is 0.181 e. The highest BCUT2D eigenvalue weighted by Gasteiger charge is 2.16. The highest BCUT2D eigenvalue weighted by Crippen LogP contribution is 2.29. The molecule has 1 saturated heterocycles. The number of likely N-dealkylation sites (tertiary alicyclic amines) is 1. The second kappa shape index (κ2) is 8.38. The smallest absolute Gasteiger partial charge is 0.181 e. The number of H-pyrrole nitrogens is 2. The Labute approximate surface area is 175 Å². The van der Waals surface area contributed by atoms with Crippen molar-refractivity contribution in [1.82, 2.24) is 30.3 Å². The van der Waals surface area contributed by atoms with Crippen molar-refractivity contribution in [1.29, 1.82) is 0 Å². The number of hydrogen-bond donors (Lipinski definition) is 2. The molecule has 0 radical (unpaired) electrons. The number of aromatic amines is 2. The number of hydrogen-bond acceptors (Lipinski definition) is 5. The van der Waals surface area contributed by atoms with E-state index in [1.807, 2.05) is 12.1 Å². The minimum absolute atomic E-state index is 0.727. The van der Waals surface area contributed by atoms with E-state index in [2.05, 4.69) is 55.6 Å². The van der Waals surface area contributed by atoms with Crippen molar-refractivity contribution in [3.8, 4) is 22.6 Å². The summed E-state index contributed by atoms with van der Waals surface area (Å²) in [6.07, 6.45) is 3.45. The first-order valence-corrected chi connectivity index (χ1v) is 10.5. The fourth-order valence-electron chi connectivity index (χ4n) is 4.07. The van der Waals surface area contributed by atoms with Gasteiger partial charge in [-0.15, -0.1) is 0 Å². The van der Waals surface area contributed by atoms with Crippen molar-refractivity contribution in [2.24, 2.45) is 0 Å². The second-order valence-corrected chi connectivity index (χ2v) is 7.86. The minimum atomic E-state index is 0.727. The van der Waals surface area contributed by atoms with Crippen molar-refractivity contribution in [3.63, 3.8) is 0 Å². The van der Waals surface area contributed by atoms with Gasteiger partial charge in [-0.25, -0.2) is 4.98 Å². The van der Waals surface area contributed by atoms with E-state index in [9.17, 15) is 0 Å². The molecule has 2 aromatic heterocycles. The van der Waals surface area contributed by atoms with Crippen LogP contribution < -0.4 is 0 Å². The highest BCUT2D eigenvalue weighted by molar-refractivity contribution is 5.95. The zero-order chi connectivity index (χ0) is 20.3.